The SMILES string of the molecule is C=C/C=c1\c(=C/C)sc2cnc(-c3ccc4ccccc4n3)cc12. The molecule has 0 spiro atoms. The fraction of sp³-hybridized carbons (Fsp3) is 0.0476. The standard InChI is InChI=1S/C21H16N2S/c1-3-7-15-16-12-19(22-13-21(16)24-20(15)4-2)18-11-10-14-8-5-6-9-17(14)23-18/h3-13H,1H2,2H3/b15-7-,20-4+. The van der Waals surface area contributed by atoms with Gasteiger partial charge in [0.2, 0.25) is 0 Å². The Balaban J connectivity index is 1.98. The summed E-state index contributed by atoms with van der Waals surface area (Å²) in [6.07, 6.45) is 7.97. The molecule has 0 N–H and O–H groups in total. The van der Waals surface area contributed by atoms with Crippen LogP contribution < -0.4 is 9.75 Å². The van der Waals surface area contributed by atoms with Crippen molar-refractivity contribution in [2.45, 2.75) is 6.92 Å². The topological polar surface area (TPSA) is 25.8 Å². The van der Waals surface area contributed by atoms with Gasteiger partial charge in [-0.3, -0.25) is 4.98 Å². The summed E-state index contributed by atoms with van der Waals surface area (Å²) in [5.74, 6) is 0. The number of nitrogens with zero attached hydrogens (tertiary/aromatic N) is 2. The maximum Gasteiger partial charge on any atom is 0.0894 e. The lowest BCUT2D eigenvalue weighted by atomic mass is 10.1. The summed E-state index contributed by atoms with van der Waals surface area (Å²) in [7, 11) is 0. The second kappa shape index (κ2) is 6.02. The molecule has 2 nitrogen and oxygen atoms in total. The fourth-order valence-electron chi connectivity index (χ4n) is 2.89. The largest absolute Gasteiger partial charge is 0.253 e. The van der Waals surface area contributed by atoms with E-state index in [2.05, 4.69) is 48.8 Å². The zero-order chi connectivity index (χ0) is 16.5. The molecule has 0 atom stereocenters. The Morgan fingerprint density at radius 1 is 1.08 bits per heavy atom. The molecular formula is C21H16N2S. The lowest BCUT2D eigenvalue weighted by molar-refractivity contribution is 1.30. The van der Waals surface area contributed by atoms with Crippen molar-refractivity contribution < 1.29 is 0 Å². The number of rotatable bonds is 2. The molecule has 3 heterocycles. The number of benzene rings is 1. The van der Waals surface area contributed by atoms with Crippen LogP contribution in [0, 0.1) is 0 Å². The molecule has 0 saturated carbocycles. The smallest absolute Gasteiger partial charge is 0.0894 e. The van der Waals surface area contributed by atoms with Gasteiger partial charge in [0.15, 0.2) is 0 Å². The summed E-state index contributed by atoms with van der Waals surface area (Å²) < 4.78 is 2.43. The molecule has 116 valence electrons. The highest BCUT2D eigenvalue weighted by molar-refractivity contribution is 7.17. The summed E-state index contributed by atoms with van der Waals surface area (Å²) in [6.45, 7) is 5.90. The van der Waals surface area contributed by atoms with Gasteiger partial charge in [0.1, 0.15) is 0 Å². The summed E-state index contributed by atoms with van der Waals surface area (Å²) in [4.78, 5) is 9.38. The molecule has 0 radical (unpaired) electrons. The third kappa shape index (κ3) is 2.43. The number of hydrogen-bond donors (Lipinski definition) is 0. The molecule has 3 heteroatoms. The van der Waals surface area contributed by atoms with Crippen LogP contribution in [0.2, 0.25) is 0 Å². The molecule has 0 fully saturated rings. The monoisotopic (exact) mass is 328 g/mol. The minimum atomic E-state index is 0.896. The van der Waals surface area contributed by atoms with Crippen molar-refractivity contribution >= 4 is 44.5 Å². The predicted octanol–water partition coefficient (Wildman–Crippen LogP) is 4.28. The Kier molecular flexibility index (Phi) is 3.71. The third-order valence-electron chi connectivity index (χ3n) is 4.05. The van der Waals surface area contributed by atoms with Crippen molar-refractivity contribution in [3.8, 4) is 11.4 Å². The van der Waals surface area contributed by atoms with Crippen LogP contribution >= 0.6 is 11.3 Å². The van der Waals surface area contributed by atoms with Crippen LogP contribution in [0.1, 0.15) is 6.92 Å². The Morgan fingerprint density at radius 2 is 1.96 bits per heavy atom. The van der Waals surface area contributed by atoms with E-state index in [9.17, 15) is 0 Å². The Bertz CT molecular complexity index is 1190. The average molecular weight is 328 g/mol. The maximum absolute atomic E-state index is 4.76. The highest BCUT2D eigenvalue weighted by Gasteiger charge is 2.07. The predicted molar refractivity (Wildman–Crippen MR) is 104 cm³/mol. The molecule has 4 aromatic rings. The van der Waals surface area contributed by atoms with Gasteiger partial charge < -0.3 is 0 Å². The Hall–Kier alpha value is -2.78. The zero-order valence-electron chi connectivity index (χ0n) is 13.4. The highest BCUT2D eigenvalue weighted by atomic mass is 32.1. The van der Waals surface area contributed by atoms with E-state index in [1.807, 2.05) is 36.5 Å². The number of allylic oxidation sites excluding steroid dienone is 1. The second-order valence-corrected chi connectivity index (χ2v) is 6.61. The minimum absolute atomic E-state index is 0.896. The van der Waals surface area contributed by atoms with E-state index >= 15 is 0 Å². The van der Waals surface area contributed by atoms with Crippen molar-refractivity contribution in [2.75, 3.05) is 0 Å². The van der Waals surface area contributed by atoms with Crippen LogP contribution in [-0.2, 0) is 0 Å². The van der Waals surface area contributed by atoms with Crippen LogP contribution in [0.3, 0.4) is 0 Å². The number of para-hydroxylation sites is 1. The number of hydrogen-bond acceptors (Lipinski definition) is 3. The molecule has 0 aliphatic heterocycles. The van der Waals surface area contributed by atoms with E-state index < -0.39 is 0 Å². The van der Waals surface area contributed by atoms with E-state index in [0.29, 0.717) is 0 Å². The van der Waals surface area contributed by atoms with Crippen LogP contribution in [0.5, 0.6) is 0 Å². The van der Waals surface area contributed by atoms with Gasteiger partial charge in [0.25, 0.3) is 0 Å². The summed E-state index contributed by atoms with van der Waals surface area (Å²) in [5.41, 5.74) is 2.78. The second-order valence-electron chi connectivity index (χ2n) is 5.53. The van der Waals surface area contributed by atoms with Gasteiger partial charge in [-0.2, -0.15) is 0 Å². The molecule has 4 rings (SSSR count). The van der Waals surface area contributed by atoms with E-state index in [-0.39, 0.29) is 0 Å². The van der Waals surface area contributed by atoms with Crippen molar-refractivity contribution in [2.24, 2.45) is 0 Å². The maximum atomic E-state index is 4.76. The summed E-state index contributed by atoms with van der Waals surface area (Å²) in [6, 6.07) is 14.4. The van der Waals surface area contributed by atoms with Gasteiger partial charge in [-0.15, -0.1) is 11.3 Å². The highest BCUT2D eigenvalue weighted by Crippen LogP contribution is 2.22. The van der Waals surface area contributed by atoms with Crippen molar-refractivity contribution in [1.82, 2.24) is 9.97 Å². The van der Waals surface area contributed by atoms with E-state index in [1.54, 1.807) is 11.3 Å². The number of fused-ring (bicyclic) bond motifs is 2. The number of pyridine rings is 2. The molecule has 0 aliphatic carbocycles. The quantitative estimate of drug-likeness (QED) is 0.549. The number of aromatic nitrogens is 2. The first-order chi connectivity index (χ1) is 11.8. The van der Waals surface area contributed by atoms with E-state index in [4.69, 9.17) is 4.98 Å². The molecule has 0 bridgehead atoms. The van der Waals surface area contributed by atoms with Gasteiger partial charge >= 0.3 is 0 Å². The van der Waals surface area contributed by atoms with Gasteiger partial charge in [0.05, 0.1) is 21.6 Å². The Labute approximate surface area is 144 Å². The lowest BCUT2D eigenvalue weighted by Gasteiger charge is -2.03. The lowest BCUT2D eigenvalue weighted by Crippen LogP contribution is -2.17. The molecule has 24 heavy (non-hydrogen) atoms. The molecule has 0 unspecified atom stereocenters. The first kappa shape index (κ1) is 14.8. The van der Waals surface area contributed by atoms with Gasteiger partial charge in [-0.05, 0) is 25.1 Å². The molecule has 1 aromatic carbocycles. The first-order valence-corrected chi connectivity index (χ1v) is 8.65. The van der Waals surface area contributed by atoms with Crippen LogP contribution in [-0.4, -0.2) is 9.97 Å². The van der Waals surface area contributed by atoms with Crippen molar-refractivity contribution in [3.63, 3.8) is 0 Å². The zero-order valence-corrected chi connectivity index (χ0v) is 14.2. The van der Waals surface area contributed by atoms with E-state index in [0.717, 1.165) is 22.3 Å². The molecular weight excluding hydrogens is 312 g/mol. The summed E-state index contributed by atoms with van der Waals surface area (Å²) in [5, 5.41) is 3.55. The van der Waals surface area contributed by atoms with E-state index in [1.165, 1.54) is 19.8 Å². The minimum Gasteiger partial charge on any atom is -0.253 e. The van der Waals surface area contributed by atoms with Gasteiger partial charge in [-0.1, -0.05) is 49.1 Å². The third-order valence-corrected chi connectivity index (χ3v) is 5.27. The van der Waals surface area contributed by atoms with Crippen LogP contribution in [0.4, 0.5) is 0 Å². The molecule has 0 amide bonds. The molecule has 0 aliphatic rings. The fourth-order valence-corrected chi connectivity index (χ4v) is 3.92. The van der Waals surface area contributed by atoms with Crippen LogP contribution in [0.25, 0.3) is 44.5 Å². The van der Waals surface area contributed by atoms with Crippen molar-refractivity contribution in [3.05, 3.63) is 71.1 Å². The van der Waals surface area contributed by atoms with Gasteiger partial charge in [0, 0.05) is 26.7 Å². The summed E-state index contributed by atoms with van der Waals surface area (Å²) >= 11 is 1.75. The van der Waals surface area contributed by atoms with Crippen molar-refractivity contribution in [1.29, 1.82) is 0 Å². The number of thiophene rings is 1. The van der Waals surface area contributed by atoms with Crippen LogP contribution in [0.15, 0.2) is 61.3 Å². The molecule has 3 aromatic heterocycles. The normalized spacial score (nSPS) is 13.0. The first-order valence-electron chi connectivity index (χ1n) is 7.84. The average Bonchev–Trinajstić information content (AvgIpc) is 2.99. The Morgan fingerprint density at radius 3 is 2.79 bits per heavy atom. The molecule has 0 saturated heterocycles. The van der Waals surface area contributed by atoms with Gasteiger partial charge in [-0.25, -0.2) is 4.98 Å².